The first-order valence-electron chi connectivity index (χ1n) is 4.80. The molecule has 0 bridgehead atoms. The average Bonchev–Trinajstić information content (AvgIpc) is 2.51. The second kappa shape index (κ2) is 5.24. The van der Waals surface area contributed by atoms with Crippen molar-refractivity contribution in [2.75, 3.05) is 13.2 Å². The maximum atomic E-state index is 11.5. The number of imide groups is 1. The highest BCUT2D eigenvalue weighted by Gasteiger charge is 2.28. The van der Waals surface area contributed by atoms with Gasteiger partial charge in [0.15, 0.2) is 0 Å². The lowest BCUT2D eigenvalue weighted by Crippen LogP contribution is -2.33. The van der Waals surface area contributed by atoms with Gasteiger partial charge in [-0.3, -0.25) is 4.79 Å². The fourth-order valence-corrected chi connectivity index (χ4v) is 1.78. The van der Waals surface area contributed by atoms with Crippen molar-refractivity contribution >= 4 is 24.6 Å². The van der Waals surface area contributed by atoms with E-state index >= 15 is 0 Å². The lowest BCUT2D eigenvalue weighted by molar-refractivity contribution is -0.127. The van der Waals surface area contributed by atoms with E-state index < -0.39 is 6.09 Å². The zero-order valence-electron chi connectivity index (χ0n) is 8.23. The largest absolute Gasteiger partial charge is 0.447 e. The zero-order valence-corrected chi connectivity index (χ0v) is 9.13. The molecule has 0 spiro atoms. The Morgan fingerprint density at radius 3 is 2.93 bits per heavy atom. The van der Waals surface area contributed by atoms with E-state index in [1.165, 1.54) is 0 Å². The Kier molecular flexibility index (Phi) is 4.25. The van der Waals surface area contributed by atoms with Crippen molar-refractivity contribution in [3.8, 4) is 0 Å². The molecule has 5 heteroatoms. The third kappa shape index (κ3) is 2.90. The Labute approximate surface area is 89.0 Å². The summed E-state index contributed by atoms with van der Waals surface area (Å²) < 4.78 is 4.67. The number of nitrogens with zero attached hydrogens (tertiary/aromatic N) is 1. The van der Waals surface area contributed by atoms with Gasteiger partial charge in [0.2, 0.25) is 5.91 Å². The van der Waals surface area contributed by atoms with Gasteiger partial charge in [-0.15, -0.1) is 0 Å². The number of carbonyl (C=O) groups excluding carboxylic acids is 2. The summed E-state index contributed by atoms with van der Waals surface area (Å²) in [5.41, 5.74) is 0. The number of hydrogen-bond donors (Lipinski definition) is 1. The van der Waals surface area contributed by atoms with Crippen LogP contribution in [0.2, 0.25) is 0 Å². The number of amides is 2. The molecule has 80 valence electrons. The molecule has 1 heterocycles. The molecule has 0 aromatic heterocycles. The molecule has 4 nitrogen and oxygen atoms in total. The van der Waals surface area contributed by atoms with Crippen LogP contribution in [0.25, 0.3) is 0 Å². The average molecular weight is 217 g/mol. The van der Waals surface area contributed by atoms with Crippen LogP contribution in [0.15, 0.2) is 0 Å². The fraction of sp³-hybridized carbons (Fsp3) is 0.778. The number of carbonyl (C=O) groups is 2. The van der Waals surface area contributed by atoms with Gasteiger partial charge >= 0.3 is 6.09 Å². The second-order valence-corrected chi connectivity index (χ2v) is 4.04. The highest BCUT2D eigenvalue weighted by molar-refractivity contribution is 7.81. The Morgan fingerprint density at radius 2 is 2.43 bits per heavy atom. The van der Waals surface area contributed by atoms with E-state index in [-0.39, 0.29) is 11.2 Å². The standard InChI is InChI=1S/C9H15NO3S/c1-2-3-7(14)6-8(11)10-4-5-13-9(10)12/h7,14H,2-6H2,1H3/t7-/m0/s1. The maximum absolute atomic E-state index is 11.5. The molecule has 14 heavy (non-hydrogen) atoms. The molecule has 2 amide bonds. The van der Waals surface area contributed by atoms with Crippen molar-refractivity contribution in [3.63, 3.8) is 0 Å². The Bertz CT molecular complexity index is 232. The van der Waals surface area contributed by atoms with Gasteiger partial charge in [0.25, 0.3) is 0 Å². The zero-order chi connectivity index (χ0) is 10.6. The minimum Gasteiger partial charge on any atom is -0.447 e. The van der Waals surface area contributed by atoms with E-state index in [0.717, 1.165) is 17.7 Å². The lowest BCUT2D eigenvalue weighted by atomic mass is 10.2. The quantitative estimate of drug-likeness (QED) is 0.725. The first kappa shape index (κ1) is 11.4. The summed E-state index contributed by atoms with van der Waals surface area (Å²) in [5, 5.41) is 0.0425. The molecule has 0 aliphatic carbocycles. The number of hydrogen-bond acceptors (Lipinski definition) is 4. The maximum Gasteiger partial charge on any atom is 0.416 e. The van der Waals surface area contributed by atoms with Gasteiger partial charge in [-0.05, 0) is 6.42 Å². The van der Waals surface area contributed by atoms with Gasteiger partial charge < -0.3 is 4.74 Å². The Balaban J connectivity index is 2.37. The third-order valence-electron chi connectivity index (χ3n) is 2.09. The molecule has 1 aliphatic heterocycles. The summed E-state index contributed by atoms with van der Waals surface area (Å²) in [6, 6.07) is 0. The second-order valence-electron chi connectivity index (χ2n) is 3.31. The van der Waals surface area contributed by atoms with Crippen LogP contribution >= 0.6 is 12.6 Å². The summed E-state index contributed by atoms with van der Waals surface area (Å²) in [6.45, 7) is 2.73. The molecule has 1 atom stereocenters. The Hall–Kier alpha value is -0.710. The summed E-state index contributed by atoms with van der Waals surface area (Å²) in [5.74, 6) is -0.180. The minimum atomic E-state index is -0.521. The number of thiol groups is 1. The van der Waals surface area contributed by atoms with Crippen molar-refractivity contribution in [1.82, 2.24) is 4.90 Å². The first-order valence-corrected chi connectivity index (χ1v) is 5.32. The summed E-state index contributed by atoms with van der Waals surface area (Å²) in [7, 11) is 0. The SMILES string of the molecule is CCC[C@H](S)CC(=O)N1CCOC1=O. The number of ether oxygens (including phenoxy) is 1. The smallest absolute Gasteiger partial charge is 0.416 e. The summed E-state index contributed by atoms with van der Waals surface area (Å²) in [4.78, 5) is 23.7. The van der Waals surface area contributed by atoms with E-state index in [0.29, 0.717) is 19.6 Å². The van der Waals surface area contributed by atoms with Gasteiger partial charge in [0.1, 0.15) is 6.61 Å². The van der Waals surface area contributed by atoms with E-state index in [9.17, 15) is 9.59 Å². The highest BCUT2D eigenvalue weighted by atomic mass is 32.1. The molecule has 0 N–H and O–H groups in total. The fourth-order valence-electron chi connectivity index (χ4n) is 1.37. The molecule has 0 aromatic rings. The monoisotopic (exact) mass is 217 g/mol. The van der Waals surface area contributed by atoms with Crippen LogP contribution in [0.1, 0.15) is 26.2 Å². The Morgan fingerprint density at radius 1 is 1.71 bits per heavy atom. The van der Waals surface area contributed by atoms with Gasteiger partial charge in [0, 0.05) is 11.7 Å². The molecular weight excluding hydrogens is 202 g/mol. The third-order valence-corrected chi connectivity index (χ3v) is 2.53. The van der Waals surface area contributed by atoms with E-state index in [2.05, 4.69) is 17.4 Å². The van der Waals surface area contributed by atoms with Crippen molar-refractivity contribution in [2.24, 2.45) is 0 Å². The van der Waals surface area contributed by atoms with Crippen molar-refractivity contribution in [2.45, 2.75) is 31.4 Å². The predicted molar refractivity (Wildman–Crippen MR) is 55.4 cm³/mol. The minimum absolute atomic E-state index is 0.0425. The van der Waals surface area contributed by atoms with Gasteiger partial charge in [0.05, 0.1) is 6.54 Å². The molecular formula is C9H15NO3S. The molecule has 0 aromatic carbocycles. The highest BCUT2D eigenvalue weighted by Crippen LogP contribution is 2.13. The van der Waals surface area contributed by atoms with Crippen LogP contribution in [0.5, 0.6) is 0 Å². The molecule has 1 fully saturated rings. The van der Waals surface area contributed by atoms with E-state index in [1.807, 2.05) is 6.92 Å². The molecule has 0 saturated carbocycles. The molecule has 1 saturated heterocycles. The van der Waals surface area contributed by atoms with Gasteiger partial charge in [-0.25, -0.2) is 9.69 Å². The van der Waals surface area contributed by atoms with Gasteiger partial charge in [-0.2, -0.15) is 12.6 Å². The van der Waals surface area contributed by atoms with Crippen LogP contribution in [0.4, 0.5) is 4.79 Å². The topological polar surface area (TPSA) is 46.6 Å². The van der Waals surface area contributed by atoms with Crippen LogP contribution in [0.3, 0.4) is 0 Å². The van der Waals surface area contributed by atoms with Crippen LogP contribution in [-0.2, 0) is 9.53 Å². The molecule has 0 unspecified atom stereocenters. The van der Waals surface area contributed by atoms with Crippen molar-refractivity contribution < 1.29 is 14.3 Å². The van der Waals surface area contributed by atoms with Crippen molar-refractivity contribution in [1.29, 1.82) is 0 Å². The number of rotatable bonds is 4. The lowest BCUT2D eigenvalue weighted by Gasteiger charge is -2.13. The van der Waals surface area contributed by atoms with E-state index in [1.54, 1.807) is 0 Å². The van der Waals surface area contributed by atoms with Crippen LogP contribution < -0.4 is 0 Å². The van der Waals surface area contributed by atoms with Crippen molar-refractivity contribution in [3.05, 3.63) is 0 Å². The van der Waals surface area contributed by atoms with Crippen LogP contribution in [0, 0.1) is 0 Å². The normalized spacial score (nSPS) is 18.1. The summed E-state index contributed by atoms with van der Waals surface area (Å²) >= 11 is 4.27. The summed E-state index contributed by atoms with van der Waals surface area (Å²) in [6.07, 6.45) is 1.67. The molecule has 0 radical (unpaired) electrons. The predicted octanol–water partition coefficient (Wildman–Crippen LogP) is 1.45. The molecule has 1 aliphatic rings. The first-order chi connectivity index (χ1) is 6.65. The number of cyclic esters (lactones) is 1. The van der Waals surface area contributed by atoms with Gasteiger partial charge in [-0.1, -0.05) is 13.3 Å². The van der Waals surface area contributed by atoms with E-state index in [4.69, 9.17) is 0 Å². The molecule has 1 rings (SSSR count). The van der Waals surface area contributed by atoms with Crippen LogP contribution in [-0.4, -0.2) is 35.3 Å².